The third-order valence-corrected chi connectivity index (χ3v) is 4.51. The lowest BCUT2D eigenvalue weighted by molar-refractivity contribution is 0.102. The number of benzene rings is 2. The summed E-state index contributed by atoms with van der Waals surface area (Å²) in [7, 11) is 1.65. The van der Waals surface area contributed by atoms with Crippen LogP contribution in [0.1, 0.15) is 34.2 Å². The molecule has 0 radical (unpaired) electrons. The van der Waals surface area contributed by atoms with Crippen molar-refractivity contribution in [2.75, 3.05) is 19.0 Å². The summed E-state index contributed by atoms with van der Waals surface area (Å²) in [5.41, 5.74) is 4.07. The molecule has 1 aromatic heterocycles. The number of aryl methyl sites for hydroxylation is 1. The van der Waals surface area contributed by atoms with Crippen molar-refractivity contribution in [2.24, 2.45) is 0 Å². The Morgan fingerprint density at radius 2 is 1.86 bits per heavy atom. The number of carbonyl (C=O) groups excluding carboxylic acids is 1. The van der Waals surface area contributed by atoms with Gasteiger partial charge >= 0.3 is 0 Å². The Balaban J connectivity index is 1.76. The highest BCUT2D eigenvalue weighted by atomic mass is 16.5. The lowest BCUT2D eigenvalue weighted by Gasteiger charge is -2.09. The van der Waals surface area contributed by atoms with Gasteiger partial charge in [0.1, 0.15) is 11.5 Å². The van der Waals surface area contributed by atoms with Gasteiger partial charge in [0.2, 0.25) is 0 Å². The smallest absolute Gasteiger partial charge is 0.255 e. The van der Waals surface area contributed by atoms with Crippen LogP contribution in [0.5, 0.6) is 11.5 Å². The van der Waals surface area contributed by atoms with E-state index in [1.165, 1.54) is 0 Å². The van der Waals surface area contributed by atoms with E-state index >= 15 is 0 Å². The van der Waals surface area contributed by atoms with Crippen LogP contribution in [0.15, 0.2) is 48.5 Å². The molecule has 0 saturated heterocycles. The quantitative estimate of drug-likeness (QED) is 0.668. The minimum absolute atomic E-state index is 0.171. The second-order valence-corrected chi connectivity index (χ2v) is 6.47. The van der Waals surface area contributed by atoms with Crippen LogP contribution in [0, 0.1) is 13.8 Å². The van der Waals surface area contributed by atoms with Crippen LogP contribution in [0.2, 0.25) is 0 Å². The van der Waals surface area contributed by atoms with E-state index < -0.39 is 0 Å². The lowest BCUT2D eigenvalue weighted by atomic mass is 10.2. The molecule has 0 atom stereocenters. The SMILES string of the molecule is CCOc1ccc(C(=O)Nc2c(C)nn(Cc3cccc(OC)c3)c2C)cc1. The first-order chi connectivity index (χ1) is 13.5. The van der Waals surface area contributed by atoms with Crippen molar-refractivity contribution in [3.05, 3.63) is 71.0 Å². The van der Waals surface area contributed by atoms with Gasteiger partial charge in [-0.1, -0.05) is 12.1 Å². The summed E-state index contributed by atoms with van der Waals surface area (Å²) >= 11 is 0. The van der Waals surface area contributed by atoms with Crippen molar-refractivity contribution in [1.82, 2.24) is 9.78 Å². The lowest BCUT2D eigenvalue weighted by Crippen LogP contribution is -2.13. The zero-order valence-electron chi connectivity index (χ0n) is 16.7. The summed E-state index contributed by atoms with van der Waals surface area (Å²) in [6.07, 6.45) is 0. The van der Waals surface area contributed by atoms with Crippen molar-refractivity contribution in [3.63, 3.8) is 0 Å². The first-order valence-corrected chi connectivity index (χ1v) is 9.23. The zero-order chi connectivity index (χ0) is 20.1. The molecule has 0 aliphatic rings. The van der Waals surface area contributed by atoms with Gasteiger partial charge in [0.15, 0.2) is 0 Å². The number of ether oxygens (including phenoxy) is 2. The van der Waals surface area contributed by atoms with E-state index in [1.54, 1.807) is 31.4 Å². The predicted molar refractivity (Wildman–Crippen MR) is 109 cm³/mol. The van der Waals surface area contributed by atoms with Gasteiger partial charge in [-0.05, 0) is 62.7 Å². The number of aromatic nitrogens is 2. The number of hydrogen-bond donors (Lipinski definition) is 1. The third kappa shape index (κ3) is 4.34. The molecule has 1 N–H and O–H groups in total. The van der Waals surface area contributed by atoms with E-state index in [0.717, 1.165) is 34.1 Å². The maximum Gasteiger partial charge on any atom is 0.255 e. The molecule has 1 heterocycles. The van der Waals surface area contributed by atoms with Gasteiger partial charge in [-0.15, -0.1) is 0 Å². The normalized spacial score (nSPS) is 10.6. The number of hydrogen-bond acceptors (Lipinski definition) is 4. The highest BCUT2D eigenvalue weighted by Crippen LogP contribution is 2.23. The van der Waals surface area contributed by atoms with Crippen LogP contribution in [-0.4, -0.2) is 29.4 Å². The van der Waals surface area contributed by atoms with Gasteiger partial charge in [0.25, 0.3) is 5.91 Å². The van der Waals surface area contributed by atoms with Gasteiger partial charge < -0.3 is 14.8 Å². The molecule has 0 saturated carbocycles. The van der Waals surface area contributed by atoms with Gasteiger partial charge in [0.05, 0.1) is 37.3 Å². The van der Waals surface area contributed by atoms with E-state index in [4.69, 9.17) is 9.47 Å². The standard InChI is InChI=1S/C22H25N3O3/c1-5-28-19-11-9-18(10-12-19)22(26)23-21-15(2)24-25(16(21)3)14-17-7-6-8-20(13-17)27-4/h6-13H,5,14H2,1-4H3,(H,23,26). The fourth-order valence-corrected chi connectivity index (χ4v) is 3.03. The third-order valence-electron chi connectivity index (χ3n) is 4.51. The molecule has 0 bridgehead atoms. The van der Waals surface area contributed by atoms with E-state index in [9.17, 15) is 4.79 Å². The fraction of sp³-hybridized carbons (Fsp3) is 0.273. The topological polar surface area (TPSA) is 65.4 Å². The van der Waals surface area contributed by atoms with Crippen LogP contribution < -0.4 is 14.8 Å². The molecule has 0 unspecified atom stereocenters. The number of nitrogens with zero attached hydrogens (tertiary/aromatic N) is 2. The van der Waals surface area contributed by atoms with Gasteiger partial charge in [-0.2, -0.15) is 5.10 Å². The van der Waals surface area contributed by atoms with Crippen molar-refractivity contribution < 1.29 is 14.3 Å². The minimum Gasteiger partial charge on any atom is -0.497 e. The molecule has 0 aliphatic carbocycles. The Morgan fingerprint density at radius 1 is 1.11 bits per heavy atom. The number of methoxy groups -OCH3 is 1. The largest absolute Gasteiger partial charge is 0.497 e. The van der Waals surface area contributed by atoms with Crippen molar-refractivity contribution in [2.45, 2.75) is 27.3 Å². The van der Waals surface area contributed by atoms with Crippen molar-refractivity contribution in [1.29, 1.82) is 0 Å². The first-order valence-electron chi connectivity index (χ1n) is 9.23. The van der Waals surface area contributed by atoms with Crippen LogP contribution in [0.25, 0.3) is 0 Å². The molecule has 0 spiro atoms. The summed E-state index contributed by atoms with van der Waals surface area (Å²) in [6, 6.07) is 15.0. The molecule has 146 valence electrons. The van der Waals surface area contributed by atoms with Crippen LogP contribution in [0.4, 0.5) is 5.69 Å². The van der Waals surface area contributed by atoms with Crippen LogP contribution in [-0.2, 0) is 6.54 Å². The summed E-state index contributed by atoms with van der Waals surface area (Å²) in [4.78, 5) is 12.6. The molecule has 6 heteroatoms. The average molecular weight is 379 g/mol. The molecule has 6 nitrogen and oxygen atoms in total. The summed E-state index contributed by atoms with van der Waals surface area (Å²) in [6.45, 7) is 6.96. The number of rotatable bonds is 7. The summed E-state index contributed by atoms with van der Waals surface area (Å²) in [5, 5.41) is 7.57. The molecule has 28 heavy (non-hydrogen) atoms. The highest BCUT2D eigenvalue weighted by molar-refractivity contribution is 6.04. The second kappa shape index (κ2) is 8.61. The van der Waals surface area contributed by atoms with Gasteiger partial charge in [0, 0.05) is 5.56 Å². The Kier molecular flexibility index (Phi) is 5.99. The van der Waals surface area contributed by atoms with Gasteiger partial charge in [-0.3, -0.25) is 9.48 Å². The highest BCUT2D eigenvalue weighted by Gasteiger charge is 2.15. The second-order valence-electron chi connectivity index (χ2n) is 6.47. The molecule has 0 fully saturated rings. The molecule has 2 aromatic carbocycles. The Bertz CT molecular complexity index is 962. The Labute approximate surface area is 165 Å². The van der Waals surface area contributed by atoms with E-state index in [0.29, 0.717) is 18.7 Å². The minimum atomic E-state index is -0.171. The molecular weight excluding hydrogens is 354 g/mol. The maximum atomic E-state index is 12.6. The number of amides is 1. The van der Waals surface area contributed by atoms with Crippen LogP contribution >= 0.6 is 0 Å². The van der Waals surface area contributed by atoms with Crippen molar-refractivity contribution in [3.8, 4) is 11.5 Å². The van der Waals surface area contributed by atoms with Gasteiger partial charge in [-0.25, -0.2) is 0 Å². The monoisotopic (exact) mass is 379 g/mol. The Morgan fingerprint density at radius 3 is 2.54 bits per heavy atom. The molecule has 1 amide bonds. The predicted octanol–water partition coefficient (Wildman–Crippen LogP) is 4.21. The zero-order valence-corrected chi connectivity index (χ0v) is 16.7. The molecular formula is C22H25N3O3. The number of nitrogens with one attached hydrogen (secondary N) is 1. The molecule has 0 aliphatic heterocycles. The van der Waals surface area contributed by atoms with E-state index in [-0.39, 0.29) is 5.91 Å². The maximum absolute atomic E-state index is 12.6. The van der Waals surface area contributed by atoms with E-state index in [1.807, 2.05) is 49.7 Å². The molecule has 3 aromatic rings. The summed E-state index contributed by atoms with van der Waals surface area (Å²) < 4.78 is 12.6. The number of carbonyl (C=O) groups is 1. The van der Waals surface area contributed by atoms with Crippen molar-refractivity contribution >= 4 is 11.6 Å². The van der Waals surface area contributed by atoms with E-state index in [2.05, 4.69) is 10.4 Å². The van der Waals surface area contributed by atoms with Crippen LogP contribution in [0.3, 0.4) is 0 Å². The summed E-state index contributed by atoms with van der Waals surface area (Å²) in [5.74, 6) is 1.38. The average Bonchev–Trinajstić information content (AvgIpc) is 2.96. The Hall–Kier alpha value is -3.28. The first kappa shape index (κ1) is 19.5. The fourth-order valence-electron chi connectivity index (χ4n) is 3.03. The number of anilines is 1. The molecule has 3 rings (SSSR count).